The summed E-state index contributed by atoms with van der Waals surface area (Å²) in [6.45, 7) is 3.63. The lowest BCUT2D eigenvalue weighted by atomic mass is 9.95. The molecule has 0 aromatic heterocycles. The molecule has 2 amide bonds. The first kappa shape index (κ1) is 19.2. The number of carbonyl (C=O) groups is 1. The summed E-state index contributed by atoms with van der Waals surface area (Å²) in [7, 11) is 0. The maximum Gasteiger partial charge on any atom is 0.324 e. The van der Waals surface area contributed by atoms with E-state index in [-0.39, 0.29) is 11.8 Å². The van der Waals surface area contributed by atoms with Gasteiger partial charge in [-0.05, 0) is 53.8 Å². The minimum Gasteiger partial charge on any atom is -0.507 e. The lowest BCUT2D eigenvalue weighted by Crippen LogP contribution is -2.29. The van der Waals surface area contributed by atoms with Crippen LogP contribution in [0.1, 0.15) is 27.8 Å². The van der Waals surface area contributed by atoms with Gasteiger partial charge < -0.3 is 15.7 Å². The SMILES string of the molecule is Cc1cc(NC(=O)NC2=C(c3ccccc3)c3ccccc3CS2)cc(C)c1O. The fourth-order valence-electron chi connectivity index (χ4n) is 3.52. The van der Waals surface area contributed by atoms with Gasteiger partial charge in [0.1, 0.15) is 5.75 Å². The van der Waals surface area contributed by atoms with E-state index in [0.29, 0.717) is 5.69 Å². The minimum absolute atomic E-state index is 0.254. The maximum atomic E-state index is 12.7. The van der Waals surface area contributed by atoms with Gasteiger partial charge >= 0.3 is 6.03 Å². The van der Waals surface area contributed by atoms with E-state index in [1.54, 1.807) is 23.9 Å². The molecule has 3 N–H and O–H groups in total. The van der Waals surface area contributed by atoms with Crippen LogP contribution in [0.3, 0.4) is 0 Å². The molecule has 5 heteroatoms. The second-order valence-corrected chi connectivity index (χ2v) is 8.04. The number of fused-ring (bicyclic) bond motifs is 1. The van der Waals surface area contributed by atoms with E-state index in [9.17, 15) is 9.90 Å². The van der Waals surface area contributed by atoms with Gasteiger partial charge in [-0.15, -0.1) is 11.8 Å². The Kier molecular flexibility index (Phi) is 5.32. The van der Waals surface area contributed by atoms with Crippen molar-refractivity contribution in [3.63, 3.8) is 0 Å². The number of hydrogen-bond acceptors (Lipinski definition) is 3. The van der Waals surface area contributed by atoms with Crippen molar-refractivity contribution >= 4 is 29.1 Å². The number of anilines is 1. The average Bonchev–Trinajstić information content (AvgIpc) is 2.72. The van der Waals surface area contributed by atoms with E-state index in [4.69, 9.17) is 0 Å². The van der Waals surface area contributed by atoms with Gasteiger partial charge in [0.15, 0.2) is 0 Å². The molecule has 29 heavy (non-hydrogen) atoms. The normalized spacial score (nSPS) is 13.0. The molecule has 3 aromatic rings. The Morgan fingerprint density at radius 1 is 0.931 bits per heavy atom. The van der Waals surface area contributed by atoms with Gasteiger partial charge in [-0.3, -0.25) is 0 Å². The molecule has 0 bridgehead atoms. The number of aromatic hydroxyl groups is 1. The second kappa shape index (κ2) is 8.05. The van der Waals surface area contributed by atoms with Crippen LogP contribution in [0.15, 0.2) is 71.8 Å². The fraction of sp³-hybridized carbons (Fsp3) is 0.125. The van der Waals surface area contributed by atoms with Crippen molar-refractivity contribution in [2.24, 2.45) is 0 Å². The molecule has 1 aliphatic heterocycles. The van der Waals surface area contributed by atoms with Gasteiger partial charge in [-0.2, -0.15) is 0 Å². The summed E-state index contributed by atoms with van der Waals surface area (Å²) < 4.78 is 0. The quantitative estimate of drug-likeness (QED) is 0.486. The lowest BCUT2D eigenvalue weighted by Gasteiger charge is -2.24. The van der Waals surface area contributed by atoms with E-state index in [0.717, 1.165) is 38.6 Å². The molecule has 0 saturated carbocycles. The van der Waals surface area contributed by atoms with Gasteiger partial charge in [-0.25, -0.2) is 4.79 Å². The molecule has 0 aliphatic carbocycles. The molecular weight excluding hydrogens is 380 g/mol. The Hall–Kier alpha value is -3.18. The summed E-state index contributed by atoms with van der Waals surface area (Å²) in [4.78, 5) is 12.7. The van der Waals surface area contributed by atoms with Crippen molar-refractivity contribution in [3.8, 4) is 5.75 Å². The number of hydrogen-bond donors (Lipinski definition) is 3. The van der Waals surface area contributed by atoms with Crippen LogP contribution in [0.2, 0.25) is 0 Å². The molecule has 0 unspecified atom stereocenters. The predicted molar refractivity (Wildman–Crippen MR) is 120 cm³/mol. The van der Waals surface area contributed by atoms with Crippen LogP contribution in [0.5, 0.6) is 5.75 Å². The molecule has 1 heterocycles. The van der Waals surface area contributed by atoms with Crippen molar-refractivity contribution in [1.82, 2.24) is 5.32 Å². The molecule has 146 valence electrons. The number of amides is 2. The number of carbonyl (C=O) groups excluding carboxylic acids is 1. The maximum absolute atomic E-state index is 12.7. The Labute approximate surface area is 174 Å². The highest BCUT2D eigenvalue weighted by Gasteiger charge is 2.22. The minimum atomic E-state index is -0.301. The zero-order valence-electron chi connectivity index (χ0n) is 16.3. The van der Waals surface area contributed by atoms with Crippen LogP contribution >= 0.6 is 11.8 Å². The Morgan fingerprint density at radius 2 is 1.59 bits per heavy atom. The standard InChI is InChI=1S/C24H22N2O2S/c1-15-12-19(13-16(2)22(15)27)25-24(28)26-23-21(17-8-4-3-5-9-17)20-11-7-6-10-18(20)14-29-23/h3-13,27H,14H2,1-2H3,(H2,25,26,28). The smallest absolute Gasteiger partial charge is 0.324 e. The average molecular weight is 403 g/mol. The number of phenolic OH excluding ortho intramolecular Hbond substituents is 1. The topological polar surface area (TPSA) is 61.4 Å². The molecule has 0 spiro atoms. The Bertz CT molecular complexity index is 1080. The van der Waals surface area contributed by atoms with Gasteiger partial charge in [0.2, 0.25) is 0 Å². The first-order chi connectivity index (χ1) is 14.0. The number of benzene rings is 3. The zero-order chi connectivity index (χ0) is 20.4. The number of aryl methyl sites for hydroxylation is 2. The summed E-state index contributed by atoms with van der Waals surface area (Å²) in [6, 6.07) is 21.6. The molecule has 3 aromatic carbocycles. The molecule has 0 atom stereocenters. The van der Waals surface area contributed by atoms with E-state index in [1.165, 1.54) is 5.56 Å². The number of nitrogens with one attached hydrogen (secondary N) is 2. The number of phenols is 1. The molecule has 0 radical (unpaired) electrons. The number of urea groups is 1. The number of thioether (sulfide) groups is 1. The third-order valence-corrected chi connectivity index (χ3v) is 5.97. The summed E-state index contributed by atoms with van der Waals surface area (Å²) in [5, 5.41) is 16.7. The first-order valence-electron chi connectivity index (χ1n) is 9.42. The van der Waals surface area contributed by atoms with Crippen LogP contribution in [-0.4, -0.2) is 11.1 Å². The van der Waals surface area contributed by atoms with Crippen molar-refractivity contribution in [1.29, 1.82) is 0 Å². The van der Waals surface area contributed by atoms with Crippen LogP contribution in [0.25, 0.3) is 5.57 Å². The number of rotatable bonds is 3. The summed E-state index contributed by atoms with van der Waals surface area (Å²) in [5.74, 6) is 1.06. The highest BCUT2D eigenvalue weighted by atomic mass is 32.2. The highest BCUT2D eigenvalue weighted by Crippen LogP contribution is 2.40. The molecule has 0 fully saturated rings. The summed E-state index contributed by atoms with van der Waals surface area (Å²) >= 11 is 1.62. The Morgan fingerprint density at radius 3 is 2.31 bits per heavy atom. The molecule has 0 saturated heterocycles. The monoisotopic (exact) mass is 402 g/mol. The summed E-state index contributed by atoms with van der Waals surface area (Å²) in [5.41, 5.74) is 6.61. The van der Waals surface area contributed by atoms with Crippen molar-refractivity contribution in [2.45, 2.75) is 19.6 Å². The van der Waals surface area contributed by atoms with Gasteiger partial charge in [0.25, 0.3) is 0 Å². The van der Waals surface area contributed by atoms with Gasteiger partial charge in [0.05, 0.1) is 5.03 Å². The van der Waals surface area contributed by atoms with E-state index in [1.807, 2.05) is 44.2 Å². The van der Waals surface area contributed by atoms with E-state index in [2.05, 4.69) is 34.9 Å². The molecule has 4 rings (SSSR count). The lowest BCUT2D eigenvalue weighted by molar-refractivity contribution is 0.255. The van der Waals surface area contributed by atoms with Gasteiger partial charge in [-0.1, -0.05) is 54.6 Å². The summed E-state index contributed by atoms with van der Waals surface area (Å²) in [6.07, 6.45) is 0. The Balaban J connectivity index is 1.66. The van der Waals surface area contributed by atoms with Crippen LogP contribution in [0.4, 0.5) is 10.5 Å². The van der Waals surface area contributed by atoms with Gasteiger partial charge in [0, 0.05) is 17.0 Å². The van der Waals surface area contributed by atoms with Crippen LogP contribution < -0.4 is 10.6 Å². The van der Waals surface area contributed by atoms with E-state index < -0.39 is 0 Å². The highest BCUT2D eigenvalue weighted by molar-refractivity contribution is 8.02. The first-order valence-corrected chi connectivity index (χ1v) is 10.4. The molecule has 4 nitrogen and oxygen atoms in total. The fourth-order valence-corrected chi connectivity index (χ4v) is 4.61. The largest absolute Gasteiger partial charge is 0.507 e. The van der Waals surface area contributed by atoms with Crippen LogP contribution in [-0.2, 0) is 5.75 Å². The van der Waals surface area contributed by atoms with Crippen molar-refractivity contribution in [3.05, 3.63) is 99.6 Å². The second-order valence-electron chi connectivity index (χ2n) is 7.05. The zero-order valence-corrected chi connectivity index (χ0v) is 17.1. The predicted octanol–water partition coefficient (Wildman–Crippen LogP) is 5.79. The van der Waals surface area contributed by atoms with Crippen molar-refractivity contribution in [2.75, 3.05) is 5.32 Å². The molecule has 1 aliphatic rings. The third kappa shape index (κ3) is 4.00. The van der Waals surface area contributed by atoms with Crippen molar-refractivity contribution < 1.29 is 9.90 Å². The molecular formula is C24H22N2O2S. The van der Waals surface area contributed by atoms with Crippen LogP contribution in [0, 0.1) is 13.8 Å². The van der Waals surface area contributed by atoms with E-state index >= 15 is 0 Å². The third-order valence-electron chi connectivity index (χ3n) is 4.92.